The summed E-state index contributed by atoms with van der Waals surface area (Å²) < 4.78 is 5.31. The minimum Gasteiger partial charge on any atom is -0.451 e. The Labute approximate surface area is 179 Å². The molecule has 2 aromatic rings. The average Bonchev–Trinajstić information content (AvgIpc) is 3.47. The van der Waals surface area contributed by atoms with Gasteiger partial charge in [-0.3, -0.25) is 19.3 Å². The van der Waals surface area contributed by atoms with Crippen LogP contribution in [0.2, 0.25) is 0 Å². The summed E-state index contributed by atoms with van der Waals surface area (Å²) in [5.41, 5.74) is 1.17. The maximum absolute atomic E-state index is 12.9. The quantitative estimate of drug-likeness (QED) is 0.324. The molecule has 0 N–H and O–H groups in total. The van der Waals surface area contributed by atoms with Gasteiger partial charge in [-0.15, -0.1) is 0 Å². The molecular formula is C25H21NO5. The fourth-order valence-electron chi connectivity index (χ4n) is 5.02. The second-order valence-corrected chi connectivity index (χ2v) is 8.34. The highest BCUT2D eigenvalue weighted by molar-refractivity contribution is 6.22. The van der Waals surface area contributed by atoms with Crippen LogP contribution in [0.3, 0.4) is 0 Å². The summed E-state index contributed by atoms with van der Waals surface area (Å²) in [5, 5.41) is 0. The largest absolute Gasteiger partial charge is 0.451 e. The van der Waals surface area contributed by atoms with Gasteiger partial charge < -0.3 is 4.74 Å². The summed E-state index contributed by atoms with van der Waals surface area (Å²) in [6.45, 7) is 1.53. The number of hydrogen-bond donors (Lipinski definition) is 0. The van der Waals surface area contributed by atoms with Crippen molar-refractivity contribution in [2.45, 2.75) is 19.4 Å². The highest BCUT2D eigenvalue weighted by Crippen LogP contribution is 2.53. The van der Waals surface area contributed by atoms with Gasteiger partial charge in [0.25, 0.3) is 0 Å². The summed E-state index contributed by atoms with van der Waals surface area (Å²) in [4.78, 5) is 51.9. The Morgan fingerprint density at radius 1 is 0.871 bits per heavy atom. The minimum absolute atomic E-state index is 0.148. The number of rotatable bonds is 5. The number of amides is 2. The number of esters is 1. The second-order valence-electron chi connectivity index (χ2n) is 8.34. The van der Waals surface area contributed by atoms with Crippen LogP contribution < -0.4 is 4.90 Å². The third-order valence-corrected chi connectivity index (χ3v) is 6.54. The van der Waals surface area contributed by atoms with Crippen LogP contribution in [0.15, 0.2) is 66.7 Å². The van der Waals surface area contributed by atoms with Crippen LogP contribution in [0, 0.1) is 23.7 Å². The van der Waals surface area contributed by atoms with Gasteiger partial charge >= 0.3 is 5.97 Å². The molecule has 2 amide bonds. The van der Waals surface area contributed by atoms with Crippen LogP contribution >= 0.6 is 0 Å². The molecule has 1 aliphatic heterocycles. The minimum atomic E-state index is -0.932. The van der Waals surface area contributed by atoms with Crippen LogP contribution in [-0.2, 0) is 14.3 Å². The van der Waals surface area contributed by atoms with Crippen molar-refractivity contribution in [3.8, 4) is 0 Å². The summed E-state index contributed by atoms with van der Waals surface area (Å²) in [7, 11) is 0. The Hall–Kier alpha value is -3.54. The van der Waals surface area contributed by atoms with Crippen LogP contribution in [0.5, 0.6) is 0 Å². The second kappa shape index (κ2) is 7.30. The summed E-state index contributed by atoms with van der Waals surface area (Å²) in [5.74, 6) is -1.48. The number of benzene rings is 2. The number of ether oxygens (including phenoxy) is 1. The van der Waals surface area contributed by atoms with Gasteiger partial charge in [-0.05, 0) is 49.4 Å². The number of imide groups is 1. The molecule has 3 aliphatic rings. The molecule has 31 heavy (non-hydrogen) atoms. The normalized spacial score (nSPS) is 26.8. The third kappa shape index (κ3) is 3.10. The number of Topliss-reactive ketones (excluding diaryl/α,β-unsaturated/α-hetero) is 1. The van der Waals surface area contributed by atoms with E-state index >= 15 is 0 Å². The standard InChI is InChI=1S/C25H21NO5/c1-14(22(27)15-5-3-2-4-6-15)31-25(30)16-9-11-19(12-10-16)26-23(28)20-17-7-8-18(13-17)21(20)24(26)29/h2-12,14,17-18,20-21H,13H2,1H3/t14-,17-,18-,20-,21+/m0/s1. The molecule has 0 spiro atoms. The molecule has 1 heterocycles. The molecule has 6 heteroatoms. The van der Waals surface area contributed by atoms with E-state index in [9.17, 15) is 19.2 Å². The predicted octanol–water partition coefficient (Wildman–Crippen LogP) is 3.43. The van der Waals surface area contributed by atoms with Crippen molar-refractivity contribution in [1.29, 1.82) is 0 Å². The Balaban J connectivity index is 1.28. The Kier molecular flexibility index (Phi) is 4.58. The van der Waals surface area contributed by atoms with Gasteiger partial charge in [0, 0.05) is 5.56 Å². The van der Waals surface area contributed by atoms with E-state index in [1.807, 2.05) is 0 Å². The monoisotopic (exact) mass is 415 g/mol. The molecule has 0 aromatic heterocycles. The molecule has 5 atom stereocenters. The first-order valence-electron chi connectivity index (χ1n) is 10.4. The van der Waals surface area contributed by atoms with Gasteiger partial charge in [-0.2, -0.15) is 0 Å². The fourth-order valence-corrected chi connectivity index (χ4v) is 5.02. The number of carbonyl (C=O) groups is 4. The number of fused-ring (bicyclic) bond motifs is 5. The van der Waals surface area contributed by atoms with Crippen molar-refractivity contribution in [2.24, 2.45) is 23.7 Å². The van der Waals surface area contributed by atoms with Crippen LogP contribution in [0.1, 0.15) is 34.1 Å². The fraction of sp³-hybridized carbons (Fsp3) is 0.280. The molecule has 5 rings (SSSR count). The Morgan fingerprint density at radius 3 is 2.03 bits per heavy atom. The zero-order chi connectivity index (χ0) is 21.7. The first-order valence-corrected chi connectivity index (χ1v) is 10.4. The van der Waals surface area contributed by atoms with Crippen molar-refractivity contribution in [3.63, 3.8) is 0 Å². The predicted molar refractivity (Wildman–Crippen MR) is 112 cm³/mol. The molecule has 156 valence electrons. The topological polar surface area (TPSA) is 80.8 Å². The van der Waals surface area contributed by atoms with Crippen LogP contribution in [-0.4, -0.2) is 29.7 Å². The number of hydrogen-bond acceptors (Lipinski definition) is 5. The molecule has 0 radical (unpaired) electrons. The van der Waals surface area contributed by atoms with Gasteiger partial charge in [0.05, 0.1) is 23.1 Å². The number of carbonyl (C=O) groups excluding carboxylic acids is 4. The number of ketones is 1. The van der Waals surface area contributed by atoms with Crippen molar-refractivity contribution >= 4 is 29.3 Å². The third-order valence-electron chi connectivity index (χ3n) is 6.54. The van der Waals surface area contributed by atoms with Gasteiger partial charge in [0.1, 0.15) is 0 Å². The SMILES string of the molecule is C[C@H](OC(=O)c1ccc(N2C(=O)[C@@H]3[C@H](C2=O)[C@H]2C=C[C@H]3C2)cc1)C(=O)c1ccccc1. The van der Waals surface area contributed by atoms with Gasteiger partial charge in [-0.1, -0.05) is 42.5 Å². The van der Waals surface area contributed by atoms with E-state index in [0.717, 1.165) is 6.42 Å². The maximum atomic E-state index is 12.9. The van der Waals surface area contributed by atoms with E-state index in [1.165, 1.54) is 24.0 Å². The lowest BCUT2D eigenvalue weighted by Gasteiger charge is -2.18. The van der Waals surface area contributed by atoms with Gasteiger partial charge in [-0.25, -0.2) is 4.79 Å². The van der Waals surface area contributed by atoms with E-state index < -0.39 is 12.1 Å². The Morgan fingerprint density at radius 2 is 1.45 bits per heavy atom. The highest BCUT2D eigenvalue weighted by Gasteiger charge is 2.59. The van der Waals surface area contributed by atoms with E-state index in [4.69, 9.17) is 4.74 Å². The van der Waals surface area contributed by atoms with E-state index in [0.29, 0.717) is 11.3 Å². The molecule has 6 nitrogen and oxygen atoms in total. The van der Waals surface area contributed by atoms with E-state index in [-0.39, 0.29) is 46.8 Å². The lowest BCUT2D eigenvalue weighted by molar-refractivity contribution is -0.123. The summed E-state index contributed by atoms with van der Waals surface area (Å²) in [6, 6.07) is 14.8. The smallest absolute Gasteiger partial charge is 0.338 e. The van der Waals surface area contributed by atoms with E-state index in [2.05, 4.69) is 12.2 Å². The van der Waals surface area contributed by atoms with Crippen molar-refractivity contribution < 1.29 is 23.9 Å². The molecule has 2 bridgehead atoms. The Bertz CT molecular complexity index is 1070. The molecule has 2 aromatic carbocycles. The van der Waals surface area contributed by atoms with Gasteiger partial charge in [0.15, 0.2) is 6.10 Å². The first-order chi connectivity index (χ1) is 15.0. The zero-order valence-electron chi connectivity index (χ0n) is 16.9. The first kappa shape index (κ1) is 19.4. The number of nitrogens with zero attached hydrogens (tertiary/aromatic N) is 1. The average molecular weight is 415 g/mol. The molecule has 1 saturated carbocycles. The highest BCUT2D eigenvalue weighted by atomic mass is 16.5. The van der Waals surface area contributed by atoms with Gasteiger partial charge in [0.2, 0.25) is 17.6 Å². The van der Waals surface area contributed by atoms with Crippen molar-refractivity contribution in [2.75, 3.05) is 4.90 Å². The molecule has 2 fully saturated rings. The lowest BCUT2D eigenvalue weighted by Crippen LogP contribution is -2.32. The summed E-state index contributed by atoms with van der Waals surface area (Å²) >= 11 is 0. The summed E-state index contributed by atoms with van der Waals surface area (Å²) in [6.07, 6.45) is 4.05. The zero-order valence-corrected chi connectivity index (χ0v) is 16.9. The number of allylic oxidation sites excluding steroid dienone is 2. The molecule has 0 unspecified atom stereocenters. The van der Waals surface area contributed by atoms with Crippen LogP contribution in [0.25, 0.3) is 0 Å². The van der Waals surface area contributed by atoms with Crippen LogP contribution in [0.4, 0.5) is 5.69 Å². The number of anilines is 1. The lowest BCUT2D eigenvalue weighted by atomic mass is 9.85. The van der Waals surface area contributed by atoms with E-state index in [1.54, 1.807) is 42.5 Å². The molecule has 1 saturated heterocycles. The molecule has 2 aliphatic carbocycles. The maximum Gasteiger partial charge on any atom is 0.338 e. The molecular weight excluding hydrogens is 394 g/mol. The van der Waals surface area contributed by atoms with Crippen molar-refractivity contribution in [1.82, 2.24) is 0 Å². The van der Waals surface area contributed by atoms with Crippen molar-refractivity contribution in [3.05, 3.63) is 77.9 Å².